The van der Waals surface area contributed by atoms with Gasteiger partial charge in [-0.25, -0.2) is 4.79 Å². The molecule has 0 aliphatic carbocycles. The highest BCUT2D eigenvalue weighted by Crippen LogP contribution is 2.18. The summed E-state index contributed by atoms with van der Waals surface area (Å²) >= 11 is 0. The smallest absolute Gasteiger partial charge is 0.354 e. The number of hydrogen-bond donors (Lipinski definition) is 1. The van der Waals surface area contributed by atoms with Gasteiger partial charge in [0.05, 0.1) is 6.61 Å². The lowest BCUT2D eigenvalue weighted by molar-refractivity contribution is 0.0520. The van der Waals surface area contributed by atoms with Crippen LogP contribution in [0.1, 0.15) is 27.8 Å². The van der Waals surface area contributed by atoms with Crippen LogP contribution in [0.4, 0.5) is 0 Å². The fourth-order valence-electron chi connectivity index (χ4n) is 1.84. The third-order valence-corrected chi connectivity index (χ3v) is 2.77. The average Bonchev–Trinajstić information content (AvgIpc) is 2.80. The predicted molar refractivity (Wildman–Crippen MR) is 72.3 cm³/mol. The minimum Gasteiger partial charge on any atom is -0.461 e. The van der Waals surface area contributed by atoms with E-state index in [1.165, 1.54) is 4.90 Å². The Morgan fingerprint density at radius 3 is 2.63 bits per heavy atom. The van der Waals surface area contributed by atoms with E-state index in [2.05, 4.69) is 4.98 Å². The number of aromatic nitrogens is 1. The highest BCUT2D eigenvalue weighted by atomic mass is 16.5. The summed E-state index contributed by atoms with van der Waals surface area (Å²) in [5, 5.41) is 0.816. The quantitative estimate of drug-likeness (QED) is 0.859. The van der Waals surface area contributed by atoms with E-state index in [9.17, 15) is 9.59 Å². The number of esters is 1. The van der Waals surface area contributed by atoms with Crippen LogP contribution in [0.15, 0.2) is 24.3 Å². The van der Waals surface area contributed by atoms with Crippen molar-refractivity contribution in [3.05, 3.63) is 35.5 Å². The molecule has 2 aromatic rings. The molecular formula is C14H16N2O3. The number of fused-ring (bicyclic) bond motifs is 1. The largest absolute Gasteiger partial charge is 0.461 e. The van der Waals surface area contributed by atoms with Gasteiger partial charge < -0.3 is 14.6 Å². The molecule has 0 unspecified atom stereocenters. The number of amides is 1. The van der Waals surface area contributed by atoms with Crippen molar-refractivity contribution in [1.82, 2.24) is 9.88 Å². The summed E-state index contributed by atoms with van der Waals surface area (Å²) in [6.45, 7) is 2.09. The number of aromatic amines is 1. The monoisotopic (exact) mass is 260 g/mol. The lowest BCUT2D eigenvalue weighted by Crippen LogP contribution is -2.21. The maximum Gasteiger partial charge on any atom is 0.354 e. The standard InChI is InChI=1S/C14H16N2O3/c1-4-19-14(18)12-8-10-7-9(13(17)16(2)3)5-6-11(10)15-12/h5-8,15H,4H2,1-3H3. The van der Waals surface area contributed by atoms with Crippen molar-refractivity contribution in [3.63, 3.8) is 0 Å². The van der Waals surface area contributed by atoms with E-state index >= 15 is 0 Å². The van der Waals surface area contributed by atoms with Gasteiger partial charge in [0.25, 0.3) is 5.91 Å². The predicted octanol–water partition coefficient (Wildman–Crippen LogP) is 2.05. The Kier molecular flexibility index (Phi) is 3.55. The number of carbonyl (C=O) groups excluding carboxylic acids is 2. The minimum absolute atomic E-state index is 0.0687. The van der Waals surface area contributed by atoms with Crippen LogP contribution in [0.2, 0.25) is 0 Å². The fourth-order valence-corrected chi connectivity index (χ4v) is 1.84. The van der Waals surface area contributed by atoms with E-state index in [0.29, 0.717) is 17.9 Å². The van der Waals surface area contributed by atoms with Gasteiger partial charge in [0.2, 0.25) is 0 Å². The first-order valence-electron chi connectivity index (χ1n) is 6.04. The third-order valence-electron chi connectivity index (χ3n) is 2.77. The van der Waals surface area contributed by atoms with Crippen LogP contribution < -0.4 is 0 Å². The topological polar surface area (TPSA) is 62.4 Å². The Morgan fingerprint density at radius 2 is 2.00 bits per heavy atom. The van der Waals surface area contributed by atoms with Crippen LogP contribution in [-0.4, -0.2) is 42.5 Å². The Labute approximate surface area is 111 Å². The van der Waals surface area contributed by atoms with Crippen molar-refractivity contribution in [1.29, 1.82) is 0 Å². The summed E-state index contributed by atoms with van der Waals surface area (Å²) in [6, 6.07) is 6.97. The van der Waals surface area contributed by atoms with Crippen LogP contribution in [0.5, 0.6) is 0 Å². The van der Waals surface area contributed by atoms with Gasteiger partial charge in [0.15, 0.2) is 0 Å². The molecule has 0 saturated heterocycles. The number of hydrogen-bond acceptors (Lipinski definition) is 3. The molecule has 19 heavy (non-hydrogen) atoms. The van der Waals surface area contributed by atoms with Gasteiger partial charge in [0, 0.05) is 30.6 Å². The first-order chi connectivity index (χ1) is 9.02. The first kappa shape index (κ1) is 13.1. The average molecular weight is 260 g/mol. The van der Waals surface area contributed by atoms with Gasteiger partial charge in [-0.15, -0.1) is 0 Å². The Morgan fingerprint density at radius 1 is 1.26 bits per heavy atom. The summed E-state index contributed by atoms with van der Waals surface area (Å²) in [5.74, 6) is -0.458. The highest BCUT2D eigenvalue weighted by Gasteiger charge is 2.13. The third kappa shape index (κ3) is 2.59. The number of carbonyl (C=O) groups is 2. The number of benzene rings is 1. The summed E-state index contributed by atoms with van der Waals surface area (Å²) in [6.07, 6.45) is 0. The molecule has 0 aliphatic rings. The minimum atomic E-state index is -0.390. The molecule has 2 rings (SSSR count). The second-order valence-electron chi connectivity index (χ2n) is 4.41. The van der Waals surface area contributed by atoms with Crippen LogP contribution in [0, 0.1) is 0 Å². The molecule has 1 heterocycles. The highest BCUT2D eigenvalue weighted by molar-refractivity contribution is 6.00. The van der Waals surface area contributed by atoms with Crippen molar-refractivity contribution < 1.29 is 14.3 Å². The number of nitrogens with one attached hydrogen (secondary N) is 1. The fraction of sp³-hybridized carbons (Fsp3) is 0.286. The Bertz CT molecular complexity index is 629. The molecule has 0 radical (unpaired) electrons. The molecule has 1 aromatic heterocycles. The zero-order chi connectivity index (χ0) is 14.0. The van der Waals surface area contributed by atoms with Crippen LogP contribution in [0.25, 0.3) is 10.9 Å². The molecule has 100 valence electrons. The lowest BCUT2D eigenvalue weighted by atomic mass is 10.1. The zero-order valence-corrected chi connectivity index (χ0v) is 11.2. The summed E-state index contributed by atoms with van der Waals surface area (Å²) in [5.41, 5.74) is 1.79. The van der Waals surface area contributed by atoms with Crippen LogP contribution in [0.3, 0.4) is 0 Å². The Hall–Kier alpha value is -2.30. The van der Waals surface area contributed by atoms with Crippen molar-refractivity contribution in [2.75, 3.05) is 20.7 Å². The zero-order valence-electron chi connectivity index (χ0n) is 11.2. The maximum atomic E-state index is 11.9. The van der Waals surface area contributed by atoms with E-state index in [-0.39, 0.29) is 11.9 Å². The molecule has 1 amide bonds. The van der Waals surface area contributed by atoms with Crippen molar-refractivity contribution in [3.8, 4) is 0 Å². The van der Waals surface area contributed by atoms with Gasteiger partial charge >= 0.3 is 5.97 Å². The molecule has 0 bridgehead atoms. The Balaban J connectivity index is 2.39. The summed E-state index contributed by atoms with van der Waals surface area (Å²) in [7, 11) is 3.40. The van der Waals surface area contributed by atoms with E-state index < -0.39 is 0 Å². The maximum absolute atomic E-state index is 11.9. The summed E-state index contributed by atoms with van der Waals surface area (Å²) < 4.78 is 4.93. The molecule has 1 N–H and O–H groups in total. The number of rotatable bonds is 3. The molecule has 1 aromatic carbocycles. The summed E-state index contributed by atoms with van der Waals surface area (Å²) in [4.78, 5) is 28.0. The molecule has 0 saturated carbocycles. The van der Waals surface area contributed by atoms with Crippen molar-refractivity contribution in [2.45, 2.75) is 6.92 Å². The first-order valence-corrected chi connectivity index (χ1v) is 6.04. The van der Waals surface area contributed by atoms with E-state index in [4.69, 9.17) is 4.74 Å². The van der Waals surface area contributed by atoms with Crippen molar-refractivity contribution in [2.24, 2.45) is 0 Å². The van der Waals surface area contributed by atoms with Gasteiger partial charge in [-0.05, 0) is 31.2 Å². The van der Waals surface area contributed by atoms with Crippen LogP contribution in [-0.2, 0) is 4.74 Å². The molecule has 5 nitrogen and oxygen atoms in total. The van der Waals surface area contributed by atoms with Gasteiger partial charge in [-0.2, -0.15) is 0 Å². The van der Waals surface area contributed by atoms with Gasteiger partial charge in [-0.1, -0.05) is 0 Å². The number of ether oxygens (including phenoxy) is 1. The number of nitrogens with zero attached hydrogens (tertiary/aromatic N) is 1. The molecule has 0 atom stereocenters. The molecule has 0 fully saturated rings. The van der Waals surface area contributed by atoms with E-state index in [0.717, 1.165) is 10.9 Å². The SMILES string of the molecule is CCOC(=O)c1cc2cc(C(=O)N(C)C)ccc2[nH]1. The van der Waals surface area contributed by atoms with Gasteiger partial charge in [-0.3, -0.25) is 4.79 Å². The number of H-pyrrole nitrogens is 1. The van der Waals surface area contributed by atoms with E-state index in [1.54, 1.807) is 45.3 Å². The molecule has 0 aliphatic heterocycles. The van der Waals surface area contributed by atoms with Gasteiger partial charge in [0.1, 0.15) is 5.69 Å². The molecular weight excluding hydrogens is 244 g/mol. The second-order valence-corrected chi connectivity index (χ2v) is 4.41. The molecule has 5 heteroatoms. The lowest BCUT2D eigenvalue weighted by Gasteiger charge is -2.09. The molecule has 0 spiro atoms. The van der Waals surface area contributed by atoms with Crippen molar-refractivity contribution >= 4 is 22.8 Å². The van der Waals surface area contributed by atoms with Crippen LogP contribution >= 0.6 is 0 Å². The second kappa shape index (κ2) is 5.14. The normalized spacial score (nSPS) is 10.5. The van der Waals surface area contributed by atoms with E-state index in [1.807, 2.05) is 0 Å².